The van der Waals surface area contributed by atoms with Crippen molar-refractivity contribution in [1.82, 2.24) is 10.2 Å². The Morgan fingerprint density at radius 3 is 2.32 bits per heavy atom. The van der Waals surface area contributed by atoms with E-state index in [4.69, 9.17) is 0 Å². The van der Waals surface area contributed by atoms with Crippen LogP contribution in [-0.4, -0.2) is 21.3 Å². The first-order valence-corrected chi connectivity index (χ1v) is 9.25. The van der Waals surface area contributed by atoms with Crippen molar-refractivity contribution < 1.29 is 23.1 Å². The first kappa shape index (κ1) is 19.8. The highest BCUT2D eigenvalue weighted by molar-refractivity contribution is 5.90. The van der Waals surface area contributed by atoms with Crippen LogP contribution in [-0.2, 0) is 6.18 Å². The zero-order valence-electron chi connectivity index (χ0n) is 14.7. The maximum Gasteiger partial charge on any atom is 0.436 e. The summed E-state index contributed by atoms with van der Waals surface area (Å²) >= 11 is 0. The minimum atomic E-state index is -4.75. The van der Waals surface area contributed by atoms with Gasteiger partial charge in [-0.2, -0.15) is 18.3 Å². The molecule has 0 aromatic carbocycles. The topological polar surface area (TPSA) is 66.0 Å². The number of H-pyrrole nitrogens is 1. The molecule has 2 rings (SSSR count). The summed E-state index contributed by atoms with van der Waals surface area (Å²) in [4.78, 5) is 11.4. The van der Waals surface area contributed by atoms with Crippen molar-refractivity contribution in [2.75, 3.05) is 0 Å². The summed E-state index contributed by atoms with van der Waals surface area (Å²) in [5.41, 5.74) is -1.83. The Morgan fingerprint density at radius 1 is 1.20 bits per heavy atom. The van der Waals surface area contributed by atoms with Gasteiger partial charge in [0.05, 0.1) is 5.69 Å². The summed E-state index contributed by atoms with van der Waals surface area (Å²) in [6.45, 7) is 2.17. The van der Waals surface area contributed by atoms with Crippen LogP contribution in [0.2, 0.25) is 0 Å². The van der Waals surface area contributed by atoms with Crippen molar-refractivity contribution in [3.8, 4) is 0 Å². The molecule has 1 aliphatic carbocycles. The summed E-state index contributed by atoms with van der Waals surface area (Å²) in [5.74, 6) is -1.44. The molecule has 0 saturated heterocycles. The number of halogens is 3. The summed E-state index contributed by atoms with van der Waals surface area (Å²) in [7, 11) is 0. The van der Waals surface area contributed by atoms with Crippen molar-refractivity contribution in [3.05, 3.63) is 17.0 Å². The molecule has 142 valence electrons. The van der Waals surface area contributed by atoms with Crippen LogP contribution >= 0.6 is 0 Å². The van der Waals surface area contributed by atoms with E-state index in [2.05, 4.69) is 17.1 Å². The van der Waals surface area contributed by atoms with E-state index in [-0.39, 0.29) is 17.5 Å². The zero-order valence-corrected chi connectivity index (χ0v) is 14.7. The van der Waals surface area contributed by atoms with Crippen molar-refractivity contribution in [3.63, 3.8) is 0 Å². The lowest BCUT2D eigenvalue weighted by atomic mass is 9.90. The third-order valence-electron chi connectivity index (χ3n) is 4.96. The summed E-state index contributed by atoms with van der Waals surface area (Å²) < 4.78 is 39.0. The van der Waals surface area contributed by atoms with Gasteiger partial charge in [0.25, 0.3) is 0 Å². The number of hydrogen-bond donors (Lipinski definition) is 2. The fourth-order valence-corrected chi connectivity index (χ4v) is 3.48. The van der Waals surface area contributed by atoms with Gasteiger partial charge in [0.1, 0.15) is 5.56 Å². The standard InChI is InChI=1S/C18H27F3N2O2/c1-2-3-4-5-6-7-8-9-13(12-10-11-12)15-14(17(24)25)16(23-22-15)18(19,20)21/h12-13H,2-11H2,1H3,(H,22,23)(H,24,25). The van der Waals surface area contributed by atoms with Crippen LogP contribution < -0.4 is 0 Å². The summed E-state index contributed by atoms with van der Waals surface area (Å²) in [5, 5.41) is 15.0. The first-order valence-electron chi connectivity index (χ1n) is 9.25. The molecule has 1 atom stereocenters. The molecule has 25 heavy (non-hydrogen) atoms. The van der Waals surface area contributed by atoms with Gasteiger partial charge in [0, 0.05) is 5.92 Å². The Bertz CT molecular complexity index is 565. The third kappa shape index (κ3) is 5.47. The number of aromatic nitrogens is 2. The van der Waals surface area contributed by atoms with E-state index in [1.165, 1.54) is 25.7 Å². The monoisotopic (exact) mass is 360 g/mol. The fourth-order valence-electron chi connectivity index (χ4n) is 3.48. The van der Waals surface area contributed by atoms with Gasteiger partial charge < -0.3 is 5.11 Å². The van der Waals surface area contributed by atoms with Crippen molar-refractivity contribution >= 4 is 5.97 Å². The molecule has 1 aromatic rings. The number of aromatic carboxylic acids is 1. The van der Waals surface area contributed by atoms with Crippen LogP contribution in [0.25, 0.3) is 0 Å². The van der Waals surface area contributed by atoms with Gasteiger partial charge in [-0.3, -0.25) is 5.10 Å². The number of nitrogens with one attached hydrogen (secondary N) is 1. The Kier molecular flexibility index (Phi) is 6.90. The predicted octanol–water partition coefficient (Wildman–Crippen LogP) is 5.76. The SMILES string of the molecule is CCCCCCCCCC(c1[nH]nc(C(F)(F)F)c1C(=O)O)C1CC1. The zero-order chi connectivity index (χ0) is 18.4. The normalized spacial score (nSPS) is 16.2. The molecule has 0 bridgehead atoms. The number of nitrogens with zero attached hydrogens (tertiary/aromatic N) is 1. The first-order chi connectivity index (χ1) is 11.9. The number of carboxylic acid groups (broad SMARTS) is 1. The van der Waals surface area contributed by atoms with Gasteiger partial charge in [-0.15, -0.1) is 0 Å². The highest BCUT2D eigenvalue weighted by Gasteiger charge is 2.43. The van der Waals surface area contributed by atoms with Crippen LogP contribution in [0.3, 0.4) is 0 Å². The fraction of sp³-hybridized carbons (Fsp3) is 0.778. The number of aromatic amines is 1. The van der Waals surface area contributed by atoms with Gasteiger partial charge in [-0.25, -0.2) is 4.79 Å². The van der Waals surface area contributed by atoms with Crippen LogP contribution in [0.5, 0.6) is 0 Å². The molecular formula is C18H27F3N2O2. The Labute approximate surface area is 146 Å². The minimum Gasteiger partial charge on any atom is -0.478 e. The van der Waals surface area contributed by atoms with Gasteiger partial charge >= 0.3 is 12.1 Å². The molecule has 1 saturated carbocycles. The Hall–Kier alpha value is -1.53. The molecule has 1 aromatic heterocycles. The minimum absolute atomic E-state index is 0.160. The van der Waals surface area contributed by atoms with Crippen LogP contribution in [0.15, 0.2) is 0 Å². The van der Waals surface area contributed by atoms with E-state index in [0.29, 0.717) is 0 Å². The number of carboxylic acids is 1. The molecule has 2 N–H and O–H groups in total. The second kappa shape index (κ2) is 8.72. The van der Waals surface area contributed by atoms with Gasteiger partial charge in [-0.1, -0.05) is 51.9 Å². The van der Waals surface area contributed by atoms with Crippen molar-refractivity contribution in [1.29, 1.82) is 0 Å². The number of alkyl halides is 3. The quantitative estimate of drug-likeness (QED) is 0.493. The average Bonchev–Trinajstić information content (AvgIpc) is 3.25. The summed E-state index contributed by atoms with van der Waals surface area (Å²) in [6.07, 6.45) is 5.77. The lowest BCUT2D eigenvalue weighted by Crippen LogP contribution is -2.15. The van der Waals surface area contributed by atoms with E-state index in [9.17, 15) is 23.1 Å². The van der Waals surface area contributed by atoms with E-state index in [0.717, 1.165) is 38.5 Å². The maximum absolute atomic E-state index is 13.0. The molecule has 1 fully saturated rings. The van der Waals surface area contributed by atoms with Gasteiger partial charge in [0.2, 0.25) is 0 Å². The van der Waals surface area contributed by atoms with Crippen LogP contribution in [0.1, 0.15) is 98.8 Å². The molecular weight excluding hydrogens is 333 g/mol. The molecule has 1 unspecified atom stereocenters. The molecule has 1 aliphatic rings. The Balaban J connectivity index is 2.01. The molecule has 0 spiro atoms. The van der Waals surface area contributed by atoms with Crippen LogP contribution in [0.4, 0.5) is 13.2 Å². The number of carbonyl (C=O) groups is 1. The van der Waals surface area contributed by atoms with E-state index in [1.807, 2.05) is 0 Å². The number of hydrogen-bond acceptors (Lipinski definition) is 2. The van der Waals surface area contributed by atoms with Crippen LogP contribution in [0, 0.1) is 5.92 Å². The smallest absolute Gasteiger partial charge is 0.436 e. The van der Waals surface area contributed by atoms with Crippen molar-refractivity contribution in [2.45, 2.75) is 83.2 Å². The highest BCUT2D eigenvalue weighted by Crippen LogP contribution is 2.47. The molecule has 0 aliphatic heterocycles. The molecule has 0 amide bonds. The molecule has 7 heteroatoms. The lowest BCUT2D eigenvalue weighted by Gasteiger charge is -2.16. The number of rotatable bonds is 11. The van der Waals surface area contributed by atoms with E-state index < -0.39 is 23.4 Å². The number of unbranched alkanes of at least 4 members (excludes halogenated alkanes) is 6. The third-order valence-corrected chi connectivity index (χ3v) is 4.96. The van der Waals surface area contributed by atoms with E-state index >= 15 is 0 Å². The second-order valence-electron chi connectivity index (χ2n) is 7.02. The summed E-state index contributed by atoms with van der Waals surface area (Å²) in [6, 6.07) is 0. The van der Waals surface area contributed by atoms with E-state index in [1.54, 1.807) is 0 Å². The largest absolute Gasteiger partial charge is 0.478 e. The molecule has 0 radical (unpaired) electrons. The molecule has 4 nitrogen and oxygen atoms in total. The Morgan fingerprint density at radius 2 is 1.80 bits per heavy atom. The highest BCUT2D eigenvalue weighted by atomic mass is 19.4. The second-order valence-corrected chi connectivity index (χ2v) is 7.02. The lowest BCUT2D eigenvalue weighted by molar-refractivity contribution is -0.141. The van der Waals surface area contributed by atoms with Crippen molar-refractivity contribution in [2.24, 2.45) is 5.92 Å². The predicted molar refractivity (Wildman–Crippen MR) is 88.6 cm³/mol. The molecule has 1 heterocycles. The van der Waals surface area contributed by atoms with Gasteiger partial charge in [0.15, 0.2) is 5.69 Å². The maximum atomic E-state index is 13.0. The average molecular weight is 360 g/mol. The van der Waals surface area contributed by atoms with Gasteiger partial charge in [-0.05, 0) is 25.2 Å².